The number of phenols is 1. The molecule has 0 atom stereocenters. The van der Waals surface area contributed by atoms with E-state index in [-0.39, 0.29) is 58.7 Å². The number of nitrogens with two attached hydrogens (primary N) is 3. The molecule has 3 aromatic heterocycles. The summed E-state index contributed by atoms with van der Waals surface area (Å²) in [6.07, 6.45) is 9.24. The van der Waals surface area contributed by atoms with Gasteiger partial charge >= 0.3 is 0 Å². The highest BCUT2D eigenvalue weighted by atomic mass is 79.9. The number of thioether (sulfide) groups is 2. The van der Waals surface area contributed by atoms with Crippen molar-refractivity contribution in [3.63, 3.8) is 0 Å². The molecule has 57 heavy (non-hydrogen) atoms. The summed E-state index contributed by atoms with van der Waals surface area (Å²) in [5.41, 5.74) is 18.6. The third-order valence-corrected chi connectivity index (χ3v) is 11.9. The average molecular weight is 980 g/mol. The number of carbonyl (C=O) groups excluding carboxylic acids is 4. The minimum absolute atomic E-state index is 0. The first kappa shape index (κ1) is 42.9. The van der Waals surface area contributed by atoms with Crippen molar-refractivity contribution in [2.75, 3.05) is 31.3 Å². The van der Waals surface area contributed by atoms with Gasteiger partial charge in [0.2, 0.25) is 16.1 Å². The van der Waals surface area contributed by atoms with Crippen molar-refractivity contribution in [1.82, 2.24) is 29.7 Å². The van der Waals surface area contributed by atoms with Crippen LogP contribution in [0.4, 0.5) is 25.8 Å². The molecule has 4 amide bonds. The van der Waals surface area contributed by atoms with Gasteiger partial charge in [-0.15, -0.1) is 0 Å². The predicted octanol–water partition coefficient (Wildman–Crippen LogP) is 8.19. The number of hydrogen-bond donors (Lipinski definition) is 4. The Bertz CT molecular complexity index is 2440. The first-order valence-corrected chi connectivity index (χ1v) is 20.3. The zero-order chi connectivity index (χ0) is 40.3. The summed E-state index contributed by atoms with van der Waals surface area (Å²) >= 11 is 10.9. The Morgan fingerprint density at radius 1 is 0.702 bits per heavy atom. The van der Waals surface area contributed by atoms with Crippen molar-refractivity contribution in [3.05, 3.63) is 84.5 Å². The number of phenolic OH excluding ortho intramolecular Hbond substituents is 1. The van der Waals surface area contributed by atoms with E-state index in [9.17, 15) is 24.3 Å². The number of ether oxygens (including phenoxy) is 3. The summed E-state index contributed by atoms with van der Waals surface area (Å²) in [7, 11) is 2.86. The number of benzene rings is 2. The van der Waals surface area contributed by atoms with Crippen molar-refractivity contribution in [3.8, 4) is 33.1 Å². The maximum Gasteiger partial charge on any atom is 0.293 e. The van der Waals surface area contributed by atoms with E-state index in [1.807, 2.05) is 0 Å². The van der Waals surface area contributed by atoms with Gasteiger partial charge in [0.15, 0.2) is 33.3 Å². The average Bonchev–Trinajstić information content (AvgIpc) is 3.89. The monoisotopic (exact) mass is 977 g/mol. The summed E-state index contributed by atoms with van der Waals surface area (Å²) in [6.45, 7) is 0.147. The van der Waals surface area contributed by atoms with Crippen molar-refractivity contribution >= 4 is 129 Å². The number of carbonyl (C=O) groups is 4. The van der Waals surface area contributed by atoms with Crippen LogP contribution in [0.25, 0.3) is 12.2 Å². The smallest absolute Gasteiger partial charge is 0.293 e. The van der Waals surface area contributed by atoms with Crippen LogP contribution in [0.1, 0.15) is 24.1 Å². The number of nitrogens with zero attached hydrogens (tertiary/aromatic N) is 6. The third-order valence-electron chi connectivity index (χ3n) is 7.23. The maximum absolute atomic E-state index is 12.3. The maximum atomic E-state index is 12.3. The number of aromatic hydroxyl groups is 1. The van der Waals surface area contributed by atoms with Crippen molar-refractivity contribution in [1.29, 1.82) is 0 Å². The molecule has 5 aromatic rings. The van der Waals surface area contributed by atoms with E-state index < -0.39 is 0 Å². The van der Waals surface area contributed by atoms with Crippen molar-refractivity contribution < 1.29 is 38.5 Å². The fourth-order valence-electron chi connectivity index (χ4n) is 4.44. The van der Waals surface area contributed by atoms with E-state index in [1.54, 1.807) is 36.7 Å². The Kier molecular flexibility index (Phi) is 13.8. The predicted molar refractivity (Wildman–Crippen MR) is 228 cm³/mol. The zero-order valence-electron chi connectivity index (χ0n) is 28.6. The summed E-state index contributed by atoms with van der Waals surface area (Å²) in [5, 5.41) is 11.1. The van der Waals surface area contributed by atoms with Gasteiger partial charge in [0.05, 0.1) is 22.2 Å². The summed E-state index contributed by atoms with van der Waals surface area (Å²) in [6, 6.07) is 6.40. The van der Waals surface area contributed by atoms with Crippen LogP contribution in [-0.2, 0) is 16.2 Å². The Morgan fingerprint density at radius 2 is 1.18 bits per heavy atom. The minimum atomic E-state index is -0.378. The third kappa shape index (κ3) is 10.4. The first-order valence-electron chi connectivity index (χ1n) is 15.4. The minimum Gasteiger partial charge on any atom is -0.504 e. The lowest BCUT2D eigenvalue weighted by Gasteiger charge is -2.14. The highest BCUT2D eigenvalue weighted by molar-refractivity contribution is 9.10. The van der Waals surface area contributed by atoms with Crippen molar-refractivity contribution in [2.45, 2.75) is 14.0 Å². The molecule has 0 spiro atoms. The van der Waals surface area contributed by atoms with Crippen LogP contribution in [0.3, 0.4) is 0 Å². The number of imide groups is 2. The molecule has 2 aliphatic heterocycles. The van der Waals surface area contributed by atoms with Crippen LogP contribution in [0.5, 0.6) is 33.1 Å². The van der Waals surface area contributed by atoms with Gasteiger partial charge in [-0.3, -0.25) is 29.0 Å². The molecule has 0 bridgehead atoms. The number of anilines is 3. The van der Waals surface area contributed by atoms with Crippen LogP contribution in [0.2, 0.25) is 0 Å². The summed E-state index contributed by atoms with van der Waals surface area (Å²) in [4.78, 5) is 66.0. The Labute approximate surface area is 357 Å². The van der Waals surface area contributed by atoms with Gasteiger partial charge in [0.1, 0.15) is 6.61 Å². The number of halogens is 2. The Balaban J connectivity index is 0.000000222. The second kappa shape index (κ2) is 18.4. The number of nitrogen functional groups attached to an aromatic ring is 3. The van der Waals surface area contributed by atoms with E-state index in [0.717, 1.165) is 44.7 Å². The van der Waals surface area contributed by atoms with Gasteiger partial charge < -0.3 is 36.5 Å². The molecule has 5 heterocycles. The largest absolute Gasteiger partial charge is 0.504 e. The lowest BCUT2D eigenvalue weighted by atomic mass is 10.2. The molecular weight excluding hydrogens is 951 g/mol. The molecule has 2 saturated heterocycles. The Hall–Kier alpha value is -5.20. The quantitative estimate of drug-likeness (QED) is 0.102. The molecule has 0 radical (unpaired) electrons. The highest BCUT2D eigenvalue weighted by Crippen LogP contribution is 2.42. The molecule has 0 saturated carbocycles. The molecule has 2 fully saturated rings. The molecule has 296 valence electrons. The van der Waals surface area contributed by atoms with Gasteiger partial charge in [-0.1, -0.05) is 62.0 Å². The topological polar surface area (TPSA) is 252 Å². The van der Waals surface area contributed by atoms with Gasteiger partial charge in [-0.2, -0.15) is 0 Å². The van der Waals surface area contributed by atoms with E-state index >= 15 is 0 Å². The molecule has 7 rings (SSSR count). The fourth-order valence-corrected chi connectivity index (χ4v) is 8.04. The molecule has 2 aliphatic rings. The molecule has 0 aliphatic carbocycles. The van der Waals surface area contributed by atoms with E-state index in [0.29, 0.717) is 62.4 Å². The number of rotatable bonds is 9. The number of likely N-dealkylation sites (N-methyl/N-ethyl adjacent to an activating group) is 2. The summed E-state index contributed by atoms with van der Waals surface area (Å²) in [5.74, 6) is 0.303. The molecule has 0 unspecified atom stereocenters. The molecule has 7 N–H and O–H groups in total. The van der Waals surface area contributed by atoms with Crippen molar-refractivity contribution in [2.24, 2.45) is 0 Å². The first-order chi connectivity index (χ1) is 26.6. The van der Waals surface area contributed by atoms with E-state index in [4.69, 9.17) is 31.4 Å². The van der Waals surface area contributed by atoms with Crippen LogP contribution in [0.15, 0.2) is 67.8 Å². The highest BCUT2D eigenvalue weighted by Gasteiger charge is 2.33. The molecule has 23 heteroatoms. The molecular formula is C34H29Br2N9O8S4. The SMILES string of the molecule is C.CN1C(=O)S/C(=C\c2cc(O)c(Oc3cnc(N)s3)cc2Br)C1=O.CN1C(=O)S/C(=C\c2cc(OCc3cnc(N)nc3)c(Oc3cnc(N)s3)cc2Br)C1=O. The molecule has 2 aromatic carbocycles. The second-order valence-electron chi connectivity index (χ2n) is 11.1. The number of amides is 4. The lowest BCUT2D eigenvalue weighted by molar-refractivity contribution is -0.122. The fraction of sp³-hybridized carbons (Fsp3) is 0.118. The number of thiazole rings is 2. The van der Waals surface area contributed by atoms with E-state index in [2.05, 4.69) is 51.8 Å². The molecule has 17 nitrogen and oxygen atoms in total. The second-order valence-corrected chi connectivity index (χ2v) is 16.9. The van der Waals surface area contributed by atoms with E-state index in [1.165, 1.54) is 50.0 Å². The normalized spacial score (nSPS) is 15.2. The lowest BCUT2D eigenvalue weighted by Crippen LogP contribution is -2.22. The summed E-state index contributed by atoms with van der Waals surface area (Å²) < 4.78 is 18.6. The Morgan fingerprint density at radius 3 is 1.63 bits per heavy atom. The zero-order valence-corrected chi connectivity index (χ0v) is 35.0. The van der Waals surface area contributed by atoms with Crippen LogP contribution in [0, 0.1) is 0 Å². The number of hydrogen-bond acceptors (Lipinski definition) is 19. The van der Waals surface area contributed by atoms with Gasteiger partial charge in [0, 0.05) is 41.0 Å². The standard InChI is InChI=1S/C19H15BrN6O4S2.C14H10BrN3O4S2.CH4/c1-26-16(27)14(31-19(26)28)3-10-2-12(29-8-9-5-23-17(21)24-6-9)13(4-11(10)20)30-15-7-25-18(22)32-15;1-18-12(20)10(23-14(18)21)3-6-2-8(19)9(4-7(6)15)22-11-5-17-13(16)24-11;/h2-7H,8H2,1H3,(H2,22,25)(H2,21,23,24);2-5,19H,1H3,(H2,16,17);1H4/b14-3-;10-3-;. The van der Waals surface area contributed by atoms with Gasteiger partial charge in [-0.25, -0.2) is 19.9 Å². The van der Waals surface area contributed by atoms with Crippen LogP contribution < -0.4 is 31.4 Å². The van der Waals surface area contributed by atoms with Gasteiger partial charge in [0.25, 0.3) is 22.3 Å². The number of aromatic nitrogens is 4. The van der Waals surface area contributed by atoms with Gasteiger partial charge in [-0.05, 0) is 71.1 Å². The van der Waals surface area contributed by atoms with Crippen LogP contribution >= 0.6 is 78.1 Å². The van der Waals surface area contributed by atoms with Crippen LogP contribution in [-0.4, -0.2) is 71.2 Å².